The highest BCUT2D eigenvalue weighted by Crippen LogP contribution is 2.84. The number of methoxy groups -OCH3 is 2. The van der Waals surface area contributed by atoms with Crippen LogP contribution in [0.2, 0.25) is 0 Å². The number of ether oxygens (including phenoxy) is 4. The van der Waals surface area contributed by atoms with Gasteiger partial charge >= 0.3 is 5.97 Å². The van der Waals surface area contributed by atoms with E-state index in [0.717, 1.165) is 94.2 Å². The third-order valence-electron chi connectivity index (χ3n) is 17.7. The van der Waals surface area contributed by atoms with Gasteiger partial charge in [0.15, 0.2) is 0 Å². The van der Waals surface area contributed by atoms with Gasteiger partial charge in [-0.2, -0.15) is 0 Å². The van der Waals surface area contributed by atoms with Crippen LogP contribution in [0.5, 0.6) is 5.75 Å². The largest absolute Gasteiger partial charge is 0.495 e. The Bertz CT molecular complexity index is 2000. The smallest absolute Gasteiger partial charge is 0.335 e. The van der Waals surface area contributed by atoms with Crippen LogP contribution in [-0.4, -0.2) is 99.2 Å². The van der Waals surface area contributed by atoms with Crippen molar-refractivity contribution in [1.29, 1.82) is 0 Å². The van der Waals surface area contributed by atoms with Gasteiger partial charge in [0, 0.05) is 71.4 Å². The lowest BCUT2D eigenvalue weighted by atomic mass is 9.42. The average Bonchev–Trinajstić information content (AvgIpc) is 4.01. The molecule has 2 saturated carbocycles. The number of carbonyl (C=O) groups is 1. The van der Waals surface area contributed by atoms with Crippen LogP contribution < -0.4 is 15.4 Å². The Hall–Kier alpha value is -3.11. The molecule has 8 heterocycles. The predicted octanol–water partition coefficient (Wildman–Crippen LogP) is 4.82. The first-order chi connectivity index (χ1) is 24.9. The number of nitrogens with one attached hydrogen (secondary N) is 2. The van der Waals surface area contributed by atoms with Gasteiger partial charge in [-0.25, -0.2) is 4.79 Å². The van der Waals surface area contributed by atoms with Crippen molar-refractivity contribution >= 4 is 17.3 Å². The number of para-hydroxylation sites is 2. The van der Waals surface area contributed by atoms with E-state index < -0.39 is 0 Å². The molecule has 13 rings (SSSR count). The van der Waals surface area contributed by atoms with Gasteiger partial charge < -0.3 is 29.6 Å². The molecule has 11 atom stereocenters. The molecule has 11 aliphatic rings. The van der Waals surface area contributed by atoms with E-state index in [9.17, 15) is 4.79 Å². The molecule has 3 aliphatic carbocycles. The molecule has 2 aromatic carbocycles. The fraction of sp³-hybridized carbons (Fsp3) is 0.643. The zero-order chi connectivity index (χ0) is 33.8. The second kappa shape index (κ2) is 8.98. The molecule has 9 heteroatoms. The number of carbonyl (C=O) groups excluding carboxylic acids is 1. The lowest BCUT2D eigenvalue weighted by Crippen LogP contribution is -2.79. The standard InChI is InChI=1S/C42H48N4O5/c1-48-29-9-5-7-27-31(29)44-42-24-20-37-13-18-50-30(37)10-15-45(35(37)42)17-12-41(27,42)39(21-24)23-46-16-11-40-26-6-3-4-8-28(26)43-32(40)25(33(47)49-2)22-38(34(40)46)14-19-51-36(38)39/h3-9,24,30,34-36,43-44H,10-23H2,1-2H3/t24-,30-,34-,35-,36+,37+,38-,39+,40-,41-,42-/m0/s1. The van der Waals surface area contributed by atoms with E-state index in [0.29, 0.717) is 24.5 Å². The van der Waals surface area contributed by atoms with E-state index in [2.05, 4.69) is 62.9 Å². The van der Waals surface area contributed by atoms with E-state index in [1.54, 1.807) is 7.11 Å². The maximum absolute atomic E-state index is 14.1. The van der Waals surface area contributed by atoms with Crippen LogP contribution in [0.25, 0.3) is 0 Å². The molecule has 2 N–H and O–H groups in total. The Balaban J connectivity index is 1.08. The molecule has 51 heavy (non-hydrogen) atoms. The number of piperidine rings is 3. The molecular weight excluding hydrogens is 640 g/mol. The summed E-state index contributed by atoms with van der Waals surface area (Å²) in [6.45, 7) is 5.91. The number of hydrogen-bond donors (Lipinski definition) is 2. The van der Waals surface area contributed by atoms with Crippen molar-refractivity contribution in [3.8, 4) is 5.75 Å². The van der Waals surface area contributed by atoms with Crippen LogP contribution in [0, 0.1) is 22.2 Å². The van der Waals surface area contributed by atoms with Crippen molar-refractivity contribution < 1.29 is 23.7 Å². The van der Waals surface area contributed by atoms with Crippen LogP contribution in [0.3, 0.4) is 0 Å². The second-order valence-corrected chi connectivity index (χ2v) is 18.4. The molecule has 266 valence electrons. The van der Waals surface area contributed by atoms with Gasteiger partial charge in [0.25, 0.3) is 0 Å². The molecule has 8 aliphatic heterocycles. The quantitative estimate of drug-likeness (QED) is 0.432. The molecule has 0 aromatic heterocycles. The molecular formula is C42H48N4O5. The molecule has 0 amide bonds. The van der Waals surface area contributed by atoms with Gasteiger partial charge in [-0.05, 0) is 93.6 Å². The monoisotopic (exact) mass is 688 g/mol. The number of rotatable bonds is 2. The fourth-order valence-electron chi connectivity index (χ4n) is 17.0. The first-order valence-corrected chi connectivity index (χ1v) is 19.8. The Kier molecular flexibility index (Phi) is 5.17. The van der Waals surface area contributed by atoms with Crippen molar-refractivity contribution in [2.24, 2.45) is 22.2 Å². The summed E-state index contributed by atoms with van der Waals surface area (Å²) in [5, 5.41) is 8.31. The molecule has 0 unspecified atom stereocenters. The van der Waals surface area contributed by atoms with E-state index in [4.69, 9.17) is 18.9 Å². The average molecular weight is 689 g/mol. The predicted molar refractivity (Wildman–Crippen MR) is 190 cm³/mol. The minimum atomic E-state index is -0.268. The number of benzene rings is 2. The van der Waals surface area contributed by atoms with Crippen molar-refractivity contribution in [2.75, 3.05) is 64.2 Å². The lowest BCUT2D eigenvalue weighted by Gasteiger charge is -2.68. The number of esters is 1. The minimum Gasteiger partial charge on any atom is -0.495 e. The number of nitrogens with zero attached hydrogens (tertiary/aromatic N) is 2. The zero-order valence-electron chi connectivity index (χ0n) is 29.8. The molecule has 2 aromatic rings. The second-order valence-electron chi connectivity index (χ2n) is 18.4. The number of hydrogen-bond acceptors (Lipinski definition) is 9. The first-order valence-electron chi connectivity index (χ1n) is 19.8. The number of fused-ring (bicyclic) bond motifs is 3. The maximum atomic E-state index is 14.1. The summed E-state index contributed by atoms with van der Waals surface area (Å²) >= 11 is 0. The lowest BCUT2D eigenvalue weighted by molar-refractivity contribution is -0.191. The minimum absolute atomic E-state index is 0.0262. The van der Waals surface area contributed by atoms with Gasteiger partial charge in [-0.1, -0.05) is 30.3 Å². The summed E-state index contributed by atoms with van der Waals surface area (Å²) in [6.07, 6.45) is 8.85. The summed E-state index contributed by atoms with van der Waals surface area (Å²) in [5.41, 5.74) is 6.45. The Labute approximate surface area is 299 Å². The van der Waals surface area contributed by atoms with Gasteiger partial charge in [0.2, 0.25) is 0 Å². The molecule has 9 nitrogen and oxygen atoms in total. The zero-order valence-corrected chi connectivity index (χ0v) is 29.8. The first kappa shape index (κ1) is 29.4. The highest BCUT2D eigenvalue weighted by Gasteiger charge is 2.89. The normalized spacial score (nSPS) is 48.5. The Morgan fingerprint density at radius 2 is 1.73 bits per heavy atom. The maximum Gasteiger partial charge on any atom is 0.335 e. The van der Waals surface area contributed by atoms with Crippen LogP contribution >= 0.6 is 0 Å². The van der Waals surface area contributed by atoms with Crippen LogP contribution in [0.4, 0.5) is 11.4 Å². The Morgan fingerprint density at radius 3 is 2.63 bits per heavy atom. The highest BCUT2D eigenvalue weighted by molar-refractivity contribution is 5.93. The highest BCUT2D eigenvalue weighted by atomic mass is 16.5. The summed E-state index contributed by atoms with van der Waals surface area (Å²) in [5.74, 6) is 1.28. The van der Waals surface area contributed by atoms with Crippen LogP contribution in [0.15, 0.2) is 53.7 Å². The molecule has 0 radical (unpaired) electrons. The summed E-state index contributed by atoms with van der Waals surface area (Å²) in [4.78, 5) is 19.9. The fourth-order valence-corrected chi connectivity index (χ4v) is 17.0. The SMILES string of the molecule is COC(=O)C1=C2Nc3ccccc3[C@@]23CCN2C[C@]4(C[C@@H]5C[C@]67CCO[C@H]6CCN6CC[C@]48c4cccc(OC)c4N[C@]58[C@@H]67)[C@@H]4OCC[C@]4(C1)[C@H]23. The summed E-state index contributed by atoms with van der Waals surface area (Å²) in [7, 11) is 3.40. The van der Waals surface area contributed by atoms with Crippen LogP contribution in [0.1, 0.15) is 62.5 Å². The van der Waals surface area contributed by atoms with E-state index >= 15 is 0 Å². The van der Waals surface area contributed by atoms with Gasteiger partial charge in [0.05, 0.1) is 48.6 Å². The molecule has 8 fully saturated rings. The number of anilines is 2. The van der Waals surface area contributed by atoms with Crippen molar-refractivity contribution in [3.05, 3.63) is 64.9 Å². The van der Waals surface area contributed by atoms with E-state index in [1.165, 1.54) is 29.7 Å². The van der Waals surface area contributed by atoms with E-state index in [-0.39, 0.29) is 50.7 Å². The molecule has 5 spiro atoms. The molecule has 0 bridgehead atoms. The Morgan fingerprint density at radius 1 is 0.882 bits per heavy atom. The molecule has 6 saturated heterocycles. The third-order valence-corrected chi connectivity index (χ3v) is 17.7. The van der Waals surface area contributed by atoms with E-state index in [1.807, 2.05) is 7.11 Å². The van der Waals surface area contributed by atoms with Gasteiger partial charge in [0.1, 0.15) is 5.75 Å². The van der Waals surface area contributed by atoms with Crippen LogP contribution in [-0.2, 0) is 29.8 Å². The third kappa shape index (κ3) is 2.73. The van der Waals surface area contributed by atoms with Gasteiger partial charge in [-0.3, -0.25) is 9.80 Å². The van der Waals surface area contributed by atoms with Crippen molar-refractivity contribution in [2.45, 2.75) is 92.0 Å². The van der Waals surface area contributed by atoms with Crippen molar-refractivity contribution in [3.63, 3.8) is 0 Å². The topological polar surface area (TPSA) is 84.5 Å². The summed E-state index contributed by atoms with van der Waals surface area (Å²) < 4.78 is 26.0. The van der Waals surface area contributed by atoms with Gasteiger partial charge in [-0.15, -0.1) is 0 Å². The summed E-state index contributed by atoms with van der Waals surface area (Å²) in [6, 6.07) is 16.4. The van der Waals surface area contributed by atoms with Crippen molar-refractivity contribution in [1.82, 2.24) is 9.80 Å².